The number of amides is 1. The molecule has 0 radical (unpaired) electrons. The number of halogens is 1. The lowest BCUT2D eigenvalue weighted by molar-refractivity contribution is -0.130. The zero-order chi connectivity index (χ0) is 12.8. The molecule has 2 fully saturated rings. The summed E-state index contributed by atoms with van der Waals surface area (Å²) in [5.41, 5.74) is 1.97. The number of likely N-dealkylation sites (tertiary alicyclic amines) is 1. The molecule has 1 atom stereocenters. The molecule has 1 amide bonds. The Kier molecular flexibility index (Phi) is 2.97. The summed E-state index contributed by atoms with van der Waals surface area (Å²) >= 11 is 3.48. The molecule has 1 aliphatic heterocycles. The number of hydrogen-bond donors (Lipinski definition) is 0. The topological polar surface area (TPSA) is 20.3 Å². The van der Waals surface area contributed by atoms with E-state index >= 15 is 0 Å². The van der Waals surface area contributed by atoms with Gasteiger partial charge in [0, 0.05) is 24.5 Å². The van der Waals surface area contributed by atoms with Gasteiger partial charge >= 0.3 is 0 Å². The number of rotatable bonds is 1. The Morgan fingerprint density at radius 3 is 2.44 bits per heavy atom. The Labute approximate surface area is 116 Å². The van der Waals surface area contributed by atoms with Crippen molar-refractivity contribution in [2.45, 2.75) is 32.1 Å². The Balaban J connectivity index is 1.67. The molecule has 1 saturated heterocycles. The van der Waals surface area contributed by atoms with Crippen LogP contribution >= 0.6 is 15.9 Å². The largest absolute Gasteiger partial charge is 0.343 e. The third kappa shape index (κ3) is 2.09. The van der Waals surface area contributed by atoms with Gasteiger partial charge in [-0.3, -0.25) is 4.79 Å². The minimum atomic E-state index is 0.227. The van der Waals surface area contributed by atoms with Crippen molar-refractivity contribution in [3.05, 3.63) is 34.3 Å². The van der Waals surface area contributed by atoms with Crippen LogP contribution in [0.5, 0.6) is 0 Å². The van der Waals surface area contributed by atoms with E-state index in [2.05, 4.69) is 40.2 Å². The molecule has 18 heavy (non-hydrogen) atoms. The Morgan fingerprint density at radius 2 is 1.89 bits per heavy atom. The lowest BCUT2D eigenvalue weighted by Crippen LogP contribution is -2.38. The predicted molar refractivity (Wildman–Crippen MR) is 75.4 cm³/mol. The average molecular weight is 308 g/mol. The molecule has 96 valence electrons. The lowest BCUT2D eigenvalue weighted by atomic mass is 9.88. The normalized spacial score (nSPS) is 25.2. The van der Waals surface area contributed by atoms with Crippen molar-refractivity contribution >= 4 is 21.8 Å². The number of nitrogens with zero attached hydrogens (tertiary/aromatic N) is 1. The van der Waals surface area contributed by atoms with Gasteiger partial charge in [-0.25, -0.2) is 0 Å². The first kappa shape index (κ1) is 12.2. The van der Waals surface area contributed by atoms with Gasteiger partial charge in [-0.2, -0.15) is 0 Å². The minimum absolute atomic E-state index is 0.227. The first-order chi connectivity index (χ1) is 8.61. The molecule has 1 heterocycles. The molecule has 1 aliphatic carbocycles. The highest BCUT2D eigenvalue weighted by Crippen LogP contribution is 2.64. The van der Waals surface area contributed by atoms with Crippen LogP contribution in [-0.2, 0) is 4.79 Å². The highest BCUT2D eigenvalue weighted by molar-refractivity contribution is 9.10. The van der Waals surface area contributed by atoms with E-state index in [1.807, 2.05) is 4.90 Å². The van der Waals surface area contributed by atoms with Crippen LogP contribution in [0.25, 0.3) is 0 Å². The monoisotopic (exact) mass is 307 g/mol. The maximum atomic E-state index is 11.3. The quantitative estimate of drug-likeness (QED) is 0.777. The Hall–Kier alpha value is -0.830. The van der Waals surface area contributed by atoms with E-state index in [4.69, 9.17) is 0 Å². The van der Waals surface area contributed by atoms with E-state index in [0.29, 0.717) is 5.41 Å². The summed E-state index contributed by atoms with van der Waals surface area (Å²) in [7, 11) is 0. The third-order valence-electron chi connectivity index (χ3n) is 4.67. The lowest BCUT2D eigenvalue weighted by Gasteiger charge is -2.32. The van der Waals surface area contributed by atoms with Crippen LogP contribution in [0, 0.1) is 5.41 Å². The van der Waals surface area contributed by atoms with Crippen molar-refractivity contribution in [1.82, 2.24) is 4.90 Å². The number of piperidine rings is 1. The molecule has 2 nitrogen and oxygen atoms in total. The Morgan fingerprint density at radius 1 is 1.28 bits per heavy atom. The summed E-state index contributed by atoms with van der Waals surface area (Å²) in [5.74, 6) is 0.949. The highest BCUT2D eigenvalue weighted by Gasteiger charge is 2.55. The van der Waals surface area contributed by atoms with Gasteiger partial charge in [0.25, 0.3) is 0 Å². The van der Waals surface area contributed by atoms with Crippen LogP contribution in [0.15, 0.2) is 28.7 Å². The fraction of sp³-hybridized carbons (Fsp3) is 0.533. The van der Waals surface area contributed by atoms with Gasteiger partial charge in [-0.15, -0.1) is 0 Å². The van der Waals surface area contributed by atoms with Crippen LogP contribution in [0.4, 0.5) is 0 Å². The van der Waals surface area contributed by atoms with Crippen molar-refractivity contribution in [2.24, 2.45) is 5.41 Å². The van der Waals surface area contributed by atoms with Crippen molar-refractivity contribution in [3.8, 4) is 0 Å². The second-order valence-corrected chi connectivity index (χ2v) is 6.59. The summed E-state index contributed by atoms with van der Waals surface area (Å²) < 4.78 is 1.15. The SMILES string of the molecule is CC(=O)N1CCC2(CC1)CC2c1ccc(Br)cc1. The van der Waals surface area contributed by atoms with Gasteiger partial charge in [0.1, 0.15) is 0 Å². The van der Waals surface area contributed by atoms with E-state index in [0.717, 1.165) is 23.5 Å². The van der Waals surface area contributed by atoms with Gasteiger partial charge in [-0.1, -0.05) is 28.1 Å². The molecule has 0 aromatic heterocycles. The number of carbonyl (C=O) groups is 1. The summed E-state index contributed by atoms with van der Waals surface area (Å²) in [6.07, 6.45) is 3.65. The van der Waals surface area contributed by atoms with Crippen LogP contribution in [-0.4, -0.2) is 23.9 Å². The average Bonchev–Trinajstić information content (AvgIpc) is 3.04. The smallest absolute Gasteiger partial charge is 0.219 e. The molecule has 3 heteroatoms. The molecule has 1 spiro atoms. The molecular formula is C15H18BrNO. The second kappa shape index (κ2) is 4.37. The molecule has 1 saturated carbocycles. The van der Waals surface area contributed by atoms with E-state index in [9.17, 15) is 4.79 Å². The predicted octanol–water partition coefficient (Wildman–Crippen LogP) is 3.57. The molecule has 0 N–H and O–H groups in total. The zero-order valence-corrected chi connectivity index (χ0v) is 12.2. The molecule has 2 aliphatic rings. The van der Waals surface area contributed by atoms with Gasteiger partial charge in [0.05, 0.1) is 0 Å². The van der Waals surface area contributed by atoms with E-state index in [1.165, 1.54) is 24.8 Å². The maximum absolute atomic E-state index is 11.3. The van der Waals surface area contributed by atoms with Crippen LogP contribution in [0.1, 0.15) is 37.7 Å². The van der Waals surface area contributed by atoms with Gasteiger partial charge < -0.3 is 4.90 Å². The molecule has 1 aromatic rings. The van der Waals surface area contributed by atoms with Crippen LogP contribution < -0.4 is 0 Å². The van der Waals surface area contributed by atoms with Crippen LogP contribution in [0.2, 0.25) is 0 Å². The minimum Gasteiger partial charge on any atom is -0.343 e. The van der Waals surface area contributed by atoms with Gasteiger partial charge in [0.2, 0.25) is 5.91 Å². The van der Waals surface area contributed by atoms with Gasteiger partial charge in [0.15, 0.2) is 0 Å². The first-order valence-electron chi connectivity index (χ1n) is 6.62. The van der Waals surface area contributed by atoms with Crippen molar-refractivity contribution in [2.75, 3.05) is 13.1 Å². The number of hydrogen-bond acceptors (Lipinski definition) is 1. The molecule has 0 bridgehead atoms. The summed E-state index contributed by atoms with van der Waals surface area (Å²) in [4.78, 5) is 13.3. The summed E-state index contributed by atoms with van der Waals surface area (Å²) in [6.45, 7) is 3.57. The summed E-state index contributed by atoms with van der Waals surface area (Å²) in [5, 5.41) is 0. The fourth-order valence-corrected chi connectivity index (χ4v) is 3.60. The van der Waals surface area contributed by atoms with E-state index in [1.54, 1.807) is 6.92 Å². The van der Waals surface area contributed by atoms with E-state index in [-0.39, 0.29) is 5.91 Å². The van der Waals surface area contributed by atoms with Crippen molar-refractivity contribution in [3.63, 3.8) is 0 Å². The molecule has 3 rings (SSSR count). The second-order valence-electron chi connectivity index (χ2n) is 5.68. The summed E-state index contributed by atoms with van der Waals surface area (Å²) in [6, 6.07) is 8.74. The number of benzene rings is 1. The van der Waals surface area contributed by atoms with Gasteiger partial charge in [-0.05, 0) is 48.3 Å². The Bertz CT molecular complexity index is 460. The van der Waals surface area contributed by atoms with Crippen molar-refractivity contribution in [1.29, 1.82) is 0 Å². The highest BCUT2D eigenvalue weighted by atomic mass is 79.9. The third-order valence-corrected chi connectivity index (χ3v) is 5.20. The molecular weight excluding hydrogens is 290 g/mol. The first-order valence-corrected chi connectivity index (χ1v) is 7.41. The zero-order valence-electron chi connectivity index (χ0n) is 10.7. The molecule has 1 unspecified atom stereocenters. The number of carbonyl (C=O) groups excluding carboxylic acids is 1. The standard InChI is InChI=1S/C15H18BrNO/c1-11(18)17-8-6-15(7-9-17)10-14(15)12-2-4-13(16)5-3-12/h2-5,14H,6-10H2,1H3. The fourth-order valence-electron chi connectivity index (χ4n) is 3.33. The van der Waals surface area contributed by atoms with Crippen molar-refractivity contribution < 1.29 is 4.79 Å². The van der Waals surface area contributed by atoms with Crippen LogP contribution in [0.3, 0.4) is 0 Å². The molecule has 1 aromatic carbocycles. The maximum Gasteiger partial charge on any atom is 0.219 e. The van der Waals surface area contributed by atoms with E-state index < -0.39 is 0 Å².